The highest BCUT2D eigenvalue weighted by Crippen LogP contribution is 2.32. The fourth-order valence-electron chi connectivity index (χ4n) is 3.06. The Morgan fingerprint density at radius 1 is 1.14 bits per heavy atom. The largest absolute Gasteiger partial charge is 0.351 e. The van der Waals surface area contributed by atoms with E-state index in [2.05, 4.69) is 5.32 Å². The van der Waals surface area contributed by atoms with Crippen LogP contribution in [-0.4, -0.2) is 35.1 Å². The van der Waals surface area contributed by atoms with Crippen LogP contribution in [0.15, 0.2) is 47.4 Å². The van der Waals surface area contributed by atoms with E-state index in [0.29, 0.717) is 22.2 Å². The maximum atomic E-state index is 12.5. The highest BCUT2D eigenvalue weighted by molar-refractivity contribution is 8.00. The summed E-state index contributed by atoms with van der Waals surface area (Å²) in [6.07, 6.45) is 2.13. The van der Waals surface area contributed by atoms with Gasteiger partial charge in [0, 0.05) is 35.1 Å². The lowest BCUT2D eigenvalue weighted by Crippen LogP contribution is -2.31. The lowest BCUT2D eigenvalue weighted by Gasteiger charge is -2.16. The molecule has 3 rings (SSSR count). The SMILES string of the molecule is CC(Sc1cc(Cl)ccc1Cl)C(=O)NCc1cccc(C(=O)N2CCCC2)c1. The Bertz CT molecular complexity index is 869. The quantitative estimate of drug-likeness (QED) is 0.646. The Morgan fingerprint density at radius 2 is 1.89 bits per heavy atom. The fourth-order valence-corrected chi connectivity index (χ4v) is 4.50. The van der Waals surface area contributed by atoms with Crippen LogP contribution < -0.4 is 5.32 Å². The molecule has 28 heavy (non-hydrogen) atoms. The van der Waals surface area contributed by atoms with Gasteiger partial charge in [-0.05, 0) is 55.7 Å². The minimum absolute atomic E-state index is 0.0604. The molecular weight excluding hydrogens is 415 g/mol. The van der Waals surface area contributed by atoms with Crippen LogP contribution in [0.3, 0.4) is 0 Å². The number of halogens is 2. The molecule has 1 N–H and O–H groups in total. The number of likely N-dealkylation sites (tertiary alicyclic amines) is 1. The summed E-state index contributed by atoms with van der Waals surface area (Å²) in [6.45, 7) is 3.83. The van der Waals surface area contributed by atoms with E-state index in [1.165, 1.54) is 11.8 Å². The zero-order valence-corrected chi connectivity index (χ0v) is 17.9. The summed E-state index contributed by atoms with van der Waals surface area (Å²) < 4.78 is 0. The van der Waals surface area contributed by atoms with Gasteiger partial charge in [0.2, 0.25) is 5.91 Å². The Morgan fingerprint density at radius 3 is 2.64 bits per heavy atom. The lowest BCUT2D eigenvalue weighted by atomic mass is 10.1. The van der Waals surface area contributed by atoms with Crippen LogP contribution in [0.2, 0.25) is 10.0 Å². The number of hydrogen-bond donors (Lipinski definition) is 1. The van der Waals surface area contributed by atoms with Crippen molar-refractivity contribution in [1.29, 1.82) is 0 Å². The molecule has 2 aromatic rings. The Hall–Kier alpha value is -1.69. The van der Waals surface area contributed by atoms with Gasteiger partial charge in [0.15, 0.2) is 0 Å². The van der Waals surface area contributed by atoms with Crippen LogP contribution in [0.4, 0.5) is 0 Å². The van der Waals surface area contributed by atoms with Crippen LogP contribution in [0.25, 0.3) is 0 Å². The lowest BCUT2D eigenvalue weighted by molar-refractivity contribution is -0.120. The Balaban J connectivity index is 1.57. The van der Waals surface area contributed by atoms with E-state index in [1.54, 1.807) is 18.2 Å². The molecule has 1 heterocycles. The van der Waals surface area contributed by atoms with Gasteiger partial charge in [0.25, 0.3) is 5.91 Å². The molecule has 1 atom stereocenters. The maximum Gasteiger partial charge on any atom is 0.253 e. The number of benzene rings is 2. The van der Waals surface area contributed by atoms with Gasteiger partial charge in [-0.3, -0.25) is 9.59 Å². The first-order valence-corrected chi connectivity index (χ1v) is 10.9. The van der Waals surface area contributed by atoms with Gasteiger partial charge in [-0.1, -0.05) is 35.3 Å². The molecular formula is C21H22Cl2N2O2S. The summed E-state index contributed by atoms with van der Waals surface area (Å²) >= 11 is 13.5. The molecule has 0 aromatic heterocycles. The number of nitrogens with zero attached hydrogens (tertiary/aromatic N) is 1. The first kappa shape index (κ1) is 21.0. The van der Waals surface area contributed by atoms with E-state index in [1.807, 2.05) is 36.1 Å². The van der Waals surface area contributed by atoms with Gasteiger partial charge in [-0.2, -0.15) is 0 Å². The molecule has 0 aliphatic carbocycles. The third-order valence-corrected chi connectivity index (χ3v) is 6.44. The van der Waals surface area contributed by atoms with Crippen molar-refractivity contribution >= 4 is 46.8 Å². The van der Waals surface area contributed by atoms with Crippen molar-refractivity contribution in [3.05, 3.63) is 63.6 Å². The van der Waals surface area contributed by atoms with Crippen molar-refractivity contribution < 1.29 is 9.59 Å². The predicted molar refractivity (Wildman–Crippen MR) is 115 cm³/mol. The van der Waals surface area contributed by atoms with Gasteiger partial charge in [0.1, 0.15) is 0 Å². The van der Waals surface area contributed by atoms with E-state index in [4.69, 9.17) is 23.2 Å². The third kappa shape index (κ3) is 5.43. The second-order valence-corrected chi connectivity index (χ2v) is 8.98. The monoisotopic (exact) mass is 436 g/mol. The summed E-state index contributed by atoms with van der Waals surface area (Å²) in [7, 11) is 0. The number of carbonyl (C=O) groups excluding carboxylic acids is 2. The van der Waals surface area contributed by atoms with Crippen molar-refractivity contribution in [1.82, 2.24) is 10.2 Å². The first-order chi connectivity index (χ1) is 13.4. The second kappa shape index (κ2) is 9.68. The number of nitrogens with one attached hydrogen (secondary N) is 1. The van der Waals surface area contributed by atoms with Crippen LogP contribution in [0, 0.1) is 0 Å². The van der Waals surface area contributed by atoms with Crippen molar-refractivity contribution in [2.45, 2.75) is 36.5 Å². The standard InChI is InChI=1S/C21H22Cl2N2O2S/c1-14(28-19-12-17(22)7-8-18(19)23)20(26)24-13-15-5-4-6-16(11-15)21(27)25-9-2-3-10-25/h4-8,11-12,14H,2-3,9-10,13H2,1H3,(H,24,26). The molecule has 2 aromatic carbocycles. The van der Waals surface area contributed by atoms with Gasteiger partial charge >= 0.3 is 0 Å². The normalized spacial score (nSPS) is 14.8. The molecule has 7 heteroatoms. The van der Waals surface area contributed by atoms with Crippen LogP contribution >= 0.6 is 35.0 Å². The Labute approximate surface area is 179 Å². The highest BCUT2D eigenvalue weighted by Gasteiger charge is 2.20. The van der Waals surface area contributed by atoms with E-state index in [0.717, 1.165) is 36.4 Å². The summed E-state index contributed by atoms with van der Waals surface area (Å²) in [4.78, 5) is 27.6. The second-order valence-electron chi connectivity index (χ2n) is 6.75. The van der Waals surface area contributed by atoms with E-state index in [9.17, 15) is 9.59 Å². The average Bonchev–Trinajstić information content (AvgIpc) is 3.23. The smallest absolute Gasteiger partial charge is 0.253 e. The molecule has 0 radical (unpaired) electrons. The topological polar surface area (TPSA) is 49.4 Å². The van der Waals surface area contributed by atoms with Gasteiger partial charge in [0.05, 0.1) is 10.3 Å². The molecule has 0 bridgehead atoms. The predicted octanol–water partition coefficient (Wildman–Crippen LogP) is 5.03. The van der Waals surface area contributed by atoms with Crippen molar-refractivity contribution in [2.24, 2.45) is 0 Å². The van der Waals surface area contributed by atoms with Crippen molar-refractivity contribution in [3.8, 4) is 0 Å². The summed E-state index contributed by atoms with van der Waals surface area (Å²) in [5, 5.41) is 3.75. The zero-order chi connectivity index (χ0) is 20.1. The number of amides is 2. The first-order valence-electron chi connectivity index (χ1n) is 9.21. The van der Waals surface area contributed by atoms with Crippen LogP contribution in [-0.2, 0) is 11.3 Å². The van der Waals surface area contributed by atoms with E-state index in [-0.39, 0.29) is 17.1 Å². The van der Waals surface area contributed by atoms with Crippen LogP contribution in [0.1, 0.15) is 35.7 Å². The van der Waals surface area contributed by atoms with Crippen LogP contribution in [0.5, 0.6) is 0 Å². The summed E-state index contributed by atoms with van der Waals surface area (Å²) in [5.74, 6) is -0.0393. The fraction of sp³-hybridized carbons (Fsp3) is 0.333. The van der Waals surface area contributed by atoms with Crippen molar-refractivity contribution in [2.75, 3.05) is 13.1 Å². The van der Waals surface area contributed by atoms with Crippen molar-refractivity contribution in [3.63, 3.8) is 0 Å². The molecule has 4 nitrogen and oxygen atoms in total. The number of hydrogen-bond acceptors (Lipinski definition) is 3. The van der Waals surface area contributed by atoms with Gasteiger partial charge in [-0.25, -0.2) is 0 Å². The zero-order valence-electron chi connectivity index (χ0n) is 15.6. The molecule has 0 saturated carbocycles. The molecule has 2 amide bonds. The number of carbonyl (C=O) groups is 2. The van der Waals surface area contributed by atoms with E-state index < -0.39 is 0 Å². The minimum Gasteiger partial charge on any atom is -0.351 e. The molecule has 1 aliphatic heterocycles. The molecule has 1 fully saturated rings. The Kier molecular flexibility index (Phi) is 7.27. The molecule has 1 aliphatic rings. The average molecular weight is 437 g/mol. The molecule has 0 spiro atoms. The van der Waals surface area contributed by atoms with Gasteiger partial charge in [-0.15, -0.1) is 11.8 Å². The number of rotatable bonds is 6. The maximum absolute atomic E-state index is 12.5. The molecule has 1 saturated heterocycles. The minimum atomic E-state index is -0.328. The molecule has 1 unspecified atom stereocenters. The number of thioether (sulfide) groups is 1. The van der Waals surface area contributed by atoms with Gasteiger partial charge < -0.3 is 10.2 Å². The molecule has 148 valence electrons. The highest BCUT2D eigenvalue weighted by atomic mass is 35.5. The third-order valence-electron chi connectivity index (χ3n) is 4.60. The summed E-state index contributed by atoms with van der Waals surface area (Å²) in [6, 6.07) is 12.6. The summed E-state index contributed by atoms with van der Waals surface area (Å²) in [5.41, 5.74) is 1.57. The van der Waals surface area contributed by atoms with E-state index >= 15 is 0 Å².